The second kappa shape index (κ2) is 9.45. The van der Waals surface area contributed by atoms with Crippen LogP contribution < -0.4 is 14.2 Å². The van der Waals surface area contributed by atoms with Crippen LogP contribution in [0.4, 0.5) is 0 Å². The summed E-state index contributed by atoms with van der Waals surface area (Å²) >= 11 is 0. The van der Waals surface area contributed by atoms with Crippen molar-refractivity contribution >= 4 is 6.21 Å². The number of hydrogen-bond acceptors (Lipinski definition) is 5. The summed E-state index contributed by atoms with van der Waals surface area (Å²) in [6.45, 7) is 3.01. The second-order valence-corrected chi connectivity index (χ2v) is 5.25. The van der Waals surface area contributed by atoms with Crippen molar-refractivity contribution in [1.82, 2.24) is 0 Å². The predicted octanol–water partition coefficient (Wildman–Crippen LogP) is 3.91. The van der Waals surface area contributed by atoms with Gasteiger partial charge in [-0.15, -0.1) is 0 Å². The Balaban J connectivity index is 1.83. The third-order valence-corrected chi connectivity index (χ3v) is 3.47. The van der Waals surface area contributed by atoms with Crippen LogP contribution in [-0.2, 0) is 6.42 Å². The molecule has 0 aliphatic carbocycles. The SMILES string of the molecule is CCCc1ccc(OCCOc2ccc(C=NO)cc2OC)cc1. The maximum Gasteiger partial charge on any atom is 0.161 e. The van der Waals surface area contributed by atoms with Crippen LogP contribution in [0.25, 0.3) is 0 Å². The zero-order chi connectivity index (χ0) is 17.2. The van der Waals surface area contributed by atoms with Gasteiger partial charge < -0.3 is 19.4 Å². The van der Waals surface area contributed by atoms with E-state index in [-0.39, 0.29) is 0 Å². The molecule has 1 N–H and O–H groups in total. The summed E-state index contributed by atoms with van der Waals surface area (Å²) in [6, 6.07) is 13.4. The van der Waals surface area contributed by atoms with E-state index in [0.717, 1.165) is 24.2 Å². The highest BCUT2D eigenvalue weighted by Gasteiger charge is 2.05. The highest BCUT2D eigenvalue weighted by atomic mass is 16.5. The van der Waals surface area contributed by atoms with Crippen LogP contribution >= 0.6 is 0 Å². The molecule has 2 aromatic rings. The topological polar surface area (TPSA) is 60.3 Å². The Morgan fingerprint density at radius 1 is 1.00 bits per heavy atom. The molecule has 0 aromatic heterocycles. The van der Waals surface area contributed by atoms with Crippen LogP contribution in [0.1, 0.15) is 24.5 Å². The lowest BCUT2D eigenvalue weighted by Gasteiger charge is -2.12. The van der Waals surface area contributed by atoms with Crippen LogP contribution in [0.5, 0.6) is 17.2 Å². The van der Waals surface area contributed by atoms with E-state index < -0.39 is 0 Å². The highest BCUT2D eigenvalue weighted by Crippen LogP contribution is 2.27. The van der Waals surface area contributed by atoms with Crippen LogP contribution in [0, 0.1) is 0 Å². The molecule has 0 saturated heterocycles. The summed E-state index contributed by atoms with van der Waals surface area (Å²) in [6.07, 6.45) is 3.55. The van der Waals surface area contributed by atoms with Crippen molar-refractivity contribution in [1.29, 1.82) is 0 Å². The molecule has 5 heteroatoms. The molecule has 128 valence electrons. The molecule has 0 aliphatic heterocycles. The van der Waals surface area contributed by atoms with Crippen molar-refractivity contribution in [2.75, 3.05) is 20.3 Å². The van der Waals surface area contributed by atoms with Crippen LogP contribution in [0.15, 0.2) is 47.6 Å². The number of methoxy groups -OCH3 is 1. The van der Waals surface area contributed by atoms with E-state index in [2.05, 4.69) is 24.2 Å². The predicted molar refractivity (Wildman–Crippen MR) is 93.8 cm³/mol. The van der Waals surface area contributed by atoms with Gasteiger partial charge in [0.25, 0.3) is 0 Å². The Kier molecular flexibility index (Phi) is 6.95. The Labute approximate surface area is 142 Å². The van der Waals surface area contributed by atoms with Crippen molar-refractivity contribution in [3.8, 4) is 17.2 Å². The first-order chi connectivity index (χ1) is 11.8. The minimum atomic E-state index is 0.403. The fourth-order valence-corrected chi connectivity index (χ4v) is 2.30. The molecule has 24 heavy (non-hydrogen) atoms. The van der Waals surface area contributed by atoms with Gasteiger partial charge in [0.2, 0.25) is 0 Å². The molecule has 0 bridgehead atoms. The molecule has 0 radical (unpaired) electrons. The summed E-state index contributed by atoms with van der Waals surface area (Å²) in [5, 5.41) is 11.6. The molecule has 2 aromatic carbocycles. The molecular weight excluding hydrogens is 306 g/mol. The number of oxime groups is 1. The van der Waals surface area contributed by atoms with Crippen molar-refractivity contribution in [3.05, 3.63) is 53.6 Å². The quantitative estimate of drug-likeness (QED) is 0.328. The van der Waals surface area contributed by atoms with Crippen molar-refractivity contribution in [2.24, 2.45) is 5.16 Å². The molecule has 0 amide bonds. The highest BCUT2D eigenvalue weighted by molar-refractivity contribution is 5.80. The maximum absolute atomic E-state index is 8.56. The third-order valence-electron chi connectivity index (χ3n) is 3.47. The van der Waals surface area contributed by atoms with Gasteiger partial charge in [-0.2, -0.15) is 0 Å². The van der Waals surface area contributed by atoms with Crippen molar-refractivity contribution < 1.29 is 19.4 Å². The van der Waals surface area contributed by atoms with Gasteiger partial charge in [0.05, 0.1) is 13.3 Å². The van der Waals surface area contributed by atoms with Gasteiger partial charge in [-0.1, -0.05) is 30.6 Å². The molecule has 0 atom stereocenters. The summed E-state index contributed by atoms with van der Waals surface area (Å²) in [7, 11) is 1.57. The van der Waals surface area contributed by atoms with E-state index in [0.29, 0.717) is 24.7 Å². The second-order valence-electron chi connectivity index (χ2n) is 5.25. The van der Waals surface area contributed by atoms with Gasteiger partial charge in [-0.05, 0) is 42.3 Å². The number of benzene rings is 2. The normalized spacial score (nSPS) is 10.8. The van der Waals surface area contributed by atoms with Gasteiger partial charge in [0, 0.05) is 5.56 Å². The monoisotopic (exact) mass is 329 g/mol. The molecule has 0 saturated carbocycles. The first-order valence-corrected chi connectivity index (χ1v) is 7.96. The molecule has 0 spiro atoms. The van der Waals surface area contributed by atoms with Crippen LogP contribution in [-0.4, -0.2) is 31.7 Å². The molecule has 2 rings (SSSR count). The average Bonchev–Trinajstić information content (AvgIpc) is 2.61. The first-order valence-electron chi connectivity index (χ1n) is 7.96. The van der Waals surface area contributed by atoms with E-state index in [9.17, 15) is 0 Å². The van der Waals surface area contributed by atoms with E-state index in [4.69, 9.17) is 19.4 Å². The summed E-state index contributed by atoms with van der Waals surface area (Å²) < 4.78 is 16.6. The van der Waals surface area contributed by atoms with Crippen LogP contribution in [0.3, 0.4) is 0 Å². The summed E-state index contributed by atoms with van der Waals surface area (Å²) in [4.78, 5) is 0. The molecule has 0 unspecified atom stereocenters. The Hall–Kier alpha value is -2.69. The Morgan fingerprint density at radius 3 is 2.42 bits per heavy atom. The van der Waals surface area contributed by atoms with E-state index in [1.165, 1.54) is 11.8 Å². The fourth-order valence-electron chi connectivity index (χ4n) is 2.30. The van der Waals surface area contributed by atoms with Gasteiger partial charge in [-0.25, -0.2) is 0 Å². The fraction of sp³-hybridized carbons (Fsp3) is 0.316. The lowest BCUT2D eigenvalue weighted by molar-refractivity contribution is 0.211. The van der Waals surface area contributed by atoms with Gasteiger partial charge >= 0.3 is 0 Å². The number of aryl methyl sites for hydroxylation is 1. The maximum atomic E-state index is 8.56. The van der Waals surface area contributed by atoms with E-state index in [1.54, 1.807) is 25.3 Å². The number of hydrogen-bond donors (Lipinski definition) is 1. The standard InChI is InChI=1S/C19H23NO4/c1-3-4-15-5-8-17(9-6-15)23-11-12-24-18-10-7-16(14-20-21)13-19(18)22-2/h5-10,13-14,21H,3-4,11-12H2,1-2H3. The minimum Gasteiger partial charge on any atom is -0.493 e. The number of rotatable bonds is 9. The molecule has 0 aliphatic rings. The lowest BCUT2D eigenvalue weighted by Crippen LogP contribution is -2.09. The van der Waals surface area contributed by atoms with E-state index in [1.807, 2.05) is 12.1 Å². The average molecular weight is 329 g/mol. The first kappa shape index (κ1) is 17.7. The summed E-state index contributed by atoms with van der Waals surface area (Å²) in [5.74, 6) is 2.03. The largest absolute Gasteiger partial charge is 0.493 e. The molecule has 5 nitrogen and oxygen atoms in total. The number of ether oxygens (including phenoxy) is 3. The lowest BCUT2D eigenvalue weighted by atomic mass is 10.1. The van der Waals surface area contributed by atoms with Gasteiger partial charge in [0.15, 0.2) is 11.5 Å². The zero-order valence-electron chi connectivity index (χ0n) is 14.1. The number of nitrogens with zero attached hydrogens (tertiary/aromatic N) is 1. The Bertz CT molecular complexity index is 653. The third kappa shape index (κ3) is 5.19. The Morgan fingerprint density at radius 2 is 1.75 bits per heavy atom. The minimum absolute atomic E-state index is 0.403. The van der Waals surface area contributed by atoms with E-state index >= 15 is 0 Å². The van der Waals surface area contributed by atoms with Gasteiger partial charge in [-0.3, -0.25) is 0 Å². The molecule has 0 fully saturated rings. The van der Waals surface area contributed by atoms with Crippen molar-refractivity contribution in [3.63, 3.8) is 0 Å². The molecular formula is C19H23NO4. The smallest absolute Gasteiger partial charge is 0.161 e. The van der Waals surface area contributed by atoms with Crippen LogP contribution in [0.2, 0.25) is 0 Å². The van der Waals surface area contributed by atoms with Gasteiger partial charge in [0.1, 0.15) is 19.0 Å². The zero-order valence-corrected chi connectivity index (χ0v) is 14.1. The molecule has 0 heterocycles. The van der Waals surface area contributed by atoms with Crippen molar-refractivity contribution in [2.45, 2.75) is 19.8 Å². The summed E-state index contributed by atoms with van der Waals surface area (Å²) in [5.41, 5.74) is 2.04.